The fourth-order valence-electron chi connectivity index (χ4n) is 3.33. The summed E-state index contributed by atoms with van der Waals surface area (Å²) in [4.78, 5) is 20.6. The first kappa shape index (κ1) is 15.5. The molecule has 0 aliphatic carbocycles. The van der Waals surface area contributed by atoms with Crippen LogP contribution in [-0.2, 0) is 9.53 Å². The van der Waals surface area contributed by atoms with Crippen LogP contribution in [-0.4, -0.2) is 26.6 Å². The summed E-state index contributed by atoms with van der Waals surface area (Å²) >= 11 is 0. The first-order valence-corrected chi connectivity index (χ1v) is 8.34. The molecule has 2 aromatic heterocycles. The van der Waals surface area contributed by atoms with Gasteiger partial charge in [-0.1, -0.05) is 12.1 Å². The summed E-state index contributed by atoms with van der Waals surface area (Å²) in [6.07, 6.45) is 3.59. The van der Waals surface area contributed by atoms with Gasteiger partial charge in [-0.25, -0.2) is 9.78 Å². The van der Waals surface area contributed by atoms with Gasteiger partial charge in [0.25, 0.3) is 0 Å². The van der Waals surface area contributed by atoms with Gasteiger partial charge in [-0.15, -0.1) is 0 Å². The molecule has 4 rings (SSSR count). The molecule has 3 aromatic rings. The predicted octanol–water partition coefficient (Wildman–Crippen LogP) is 3.60. The Bertz CT molecular complexity index is 967. The van der Waals surface area contributed by atoms with Crippen molar-refractivity contribution in [3.8, 4) is 0 Å². The highest BCUT2D eigenvalue weighted by Gasteiger charge is 2.35. The van der Waals surface area contributed by atoms with E-state index in [1.165, 1.54) is 0 Å². The summed E-state index contributed by atoms with van der Waals surface area (Å²) in [5, 5.41) is 3.27. The number of esters is 1. The van der Waals surface area contributed by atoms with E-state index in [2.05, 4.69) is 19.9 Å². The normalized spacial score (nSPS) is 16.9. The SMILES string of the molecule is CC1=C(C(=O)OC(C)C)C(c2cc[nH]c2)n2c(nc3ccccc32)N1. The van der Waals surface area contributed by atoms with Crippen LogP contribution < -0.4 is 5.32 Å². The molecule has 0 saturated carbocycles. The van der Waals surface area contributed by atoms with E-state index in [0.717, 1.165) is 28.2 Å². The van der Waals surface area contributed by atoms with Gasteiger partial charge < -0.3 is 15.0 Å². The number of aromatic amines is 1. The van der Waals surface area contributed by atoms with Crippen LogP contribution in [0, 0.1) is 0 Å². The van der Waals surface area contributed by atoms with Crippen molar-refractivity contribution in [3.05, 3.63) is 59.6 Å². The second-order valence-electron chi connectivity index (χ2n) is 6.46. The monoisotopic (exact) mass is 336 g/mol. The quantitative estimate of drug-likeness (QED) is 0.717. The molecule has 0 bridgehead atoms. The lowest BCUT2D eigenvalue weighted by Crippen LogP contribution is -2.29. The molecule has 6 heteroatoms. The second-order valence-corrected chi connectivity index (χ2v) is 6.46. The number of carbonyl (C=O) groups excluding carboxylic acids is 1. The molecule has 1 aliphatic heterocycles. The first-order valence-electron chi connectivity index (χ1n) is 8.34. The number of carbonyl (C=O) groups is 1. The molecule has 2 N–H and O–H groups in total. The topological polar surface area (TPSA) is 71.9 Å². The predicted molar refractivity (Wildman–Crippen MR) is 96.2 cm³/mol. The van der Waals surface area contributed by atoms with Crippen molar-refractivity contribution in [2.24, 2.45) is 0 Å². The van der Waals surface area contributed by atoms with Gasteiger partial charge in [0.15, 0.2) is 0 Å². The van der Waals surface area contributed by atoms with E-state index in [1.54, 1.807) is 0 Å². The average molecular weight is 336 g/mol. The molecule has 0 radical (unpaired) electrons. The lowest BCUT2D eigenvalue weighted by Gasteiger charge is -2.29. The molecule has 0 saturated heterocycles. The summed E-state index contributed by atoms with van der Waals surface area (Å²) in [7, 11) is 0. The van der Waals surface area contributed by atoms with Crippen molar-refractivity contribution < 1.29 is 9.53 Å². The third kappa shape index (κ3) is 2.50. The maximum Gasteiger partial charge on any atom is 0.338 e. The Kier molecular flexibility index (Phi) is 3.60. The number of benzene rings is 1. The van der Waals surface area contributed by atoms with Crippen LogP contribution in [0.5, 0.6) is 0 Å². The van der Waals surface area contributed by atoms with Crippen molar-refractivity contribution in [1.82, 2.24) is 14.5 Å². The molecule has 6 nitrogen and oxygen atoms in total. The van der Waals surface area contributed by atoms with Crippen LogP contribution in [0.3, 0.4) is 0 Å². The van der Waals surface area contributed by atoms with E-state index in [9.17, 15) is 4.79 Å². The highest BCUT2D eigenvalue weighted by atomic mass is 16.5. The average Bonchev–Trinajstić information content (AvgIpc) is 3.20. The van der Waals surface area contributed by atoms with Crippen molar-refractivity contribution in [3.63, 3.8) is 0 Å². The van der Waals surface area contributed by atoms with Gasteiger partial charge in [-0.3, -0.25) is 4.57 Å². The fourth-order valence-corrected chi connectivity index (χ4v) is 3.33. The first-order chi connectivity index (χ1) is 12.1. The molecule has 25 heavy (non-hydrogen) atoms. The maximum absolute atomic E-state index is 12.8. The molecule has 0 spiro atoms. The number of hydrogen-bond donors (Lipinski definition) is 2. The summed E-state index contributed by atoms with van der Waals surface area (Å²) in [6.45, 7) is 5.60. The van der Waals surface area contributed by atoms with Gasteiger partial charge in [-0.05, 0) is 44.5 Å². The molecule has 1 aliphatic rings. The lowest BCUT2D eigenvalue weighted by molar-refractivity contribution is -0.143. The van der Waals surface area contributed by atoms with Gasteiger partial charge in [0.1, 0.15) is 0 Å². The molecule has 3 heterocycles. The molecule has 1 unspecified atom stereocenters. The highest BCUT2D eigenvalue weighted by molar-refractivity contribution is 5.94. The van der Waals surface area contributed by atoms with Crippen LogP contribution in [0.4, 0.5) is 5.95 Å². The summed E-state index contributed by atoms with van der Waals surface area (Å²) in [5.74, 6) is 0.417. The van der Waals surface area contributed by atoms with Gasteiger partial charge in [0, 0.05) is 18.1 Å². The van der Waals surface area contributed by atoms with Gasteiger partial charge in [0.05, 0.1) is 28.8 Å². The Balaban J connectivity index is 1.94. The summed E-state index contributed by atoms with van der Waals surface area (Å²) in [6, 6.07) is 9.60. The minimum absolute atomic E-state index is 0.180. The van der Waals surface area contributed by atoms with Crippen molar-refractivity contribution in [1.29, 1.82) is 0 Å². The largest absolute Gasteiger partial charge is 0.459 e. The summed E-state index contributed by atoms with van der Waals surface area (Å²) in [5.41, 5.74) is 4.21. The fraction of sp³-hybridized carbons (Fsp3) is 0.263. The highest BCUT2D eigenvalue weighted by Crippen LogP contribution is 2.39. The lowest BCUT2D eigenvalue weighted by atomic mass is 9.97. The zero-order valence-corrected chi connectivity index (χ0v) is 14.4. The number of para-hydroxylation sites is 2. The van der Waals surface area contributed by atoms with Crippen molar-refractivity contribution in [2.75, 3.05) is 5.32 Å². The number of aromatic nitrogens is 3. The van der Waals surface area contributed by atoms with E-state index in [1.807, 2.05) is 63.5 Å². The van der Waals surface area contributed by atoms with Crippen LogP contribution in [0.2, 0.25) is 0 Å². The number of fused-ring (bicyclic) bond motifs is 3. The van der Waals surface area contributed by atoms with E-state index >= 15 is 0 Å². The Hall–Kier alpha value is -3.02. The molecule has 0 fully saturated rings. The van der Waals surface area contributed by atoms with Crippen LogP contribution in [0.1, 0.15) is 32.4 Å². The standard InChI is InChI=1S/C19H20N4O2/c1-11(2)25-18(24)16-12(3)21-19-22-14-6-4-5-7-15(14)23(19)17(16)13-8-9-20-10-13/h4-11,17,20H,1-3H3,(H,21,22). The van der Waals surface area contributed by atoms with E-state index in [0.29, 0.717) is 5.57 Å². The molecule has 0 amide bonds. The van der Waals surface area contributed by atoms with Gasteiger partial charge >= 0.3 is 5.97 Å². The minimum Gasteiger partial charge on any atom is -0.459 e. The number of nitrogens with one attached hydrogen (secondary N) is 2. The van der Waals surface area contributed by atoms with Crippen LogP contribution in [0.15, 0.2) is 54.0 Å². The number of nitrogens with zero attached hydrogens (tertiary/aromatic N) is 2. The number of rotatable bonds is 3. The molecule has 128 valence electrons. The van der Waals surface area contributed by atoms with Crippen molar-refractivity contribution in [2.45, 2.75) is 32.9 Å². The third-order valence-electron chi connectivity index (χ3n) is 4.33. The zero-order valence-electron chi connectivity index (χ0n) is 14.4. The molecular formula is C19H20N4O2. The van der Waals surface area contributed by atoms with Crippen LogP contribution >= 0.6 is 0 Å². The smallest absolute Gasteiger partial charge is 0.338 e. The Labute approximate surface area is 145 Å². The Morgan fingerprint density at radius 1 is 1.28 bits per heavy atom. The van der Waals surface area contributed by atoms with E-state index < -0.39 is 0 Å². The number of H-pyrrole nitrogens is 1. The minimum atomic E-state index is -0.311. The molecule has 1 aromatic carbocycles. The zero-order chi connectivity index (χ0) is 17.6. The second kappa shape index (κ2) is 5.81. The number of imidazole rings is 1. The number of anilines is 1. The number of hydrogen-bond acceptors (Lipinski definition) is 4. The van der Waals surface area contributed by atoms with Gasteiger partial charge in [0.2, 0.25) is 5.95 Å². The van der Waals surface area contributed by atoms with Crippen LogP contribution in [0.25, 0.3) is 11.0 Å². The van der Waals surface area contributed by atoms with Gasteiger partial charge in [-0.2, -0.15) is 0 Å². The number of allylic oxidation sites excluding steroid dienone is 1. The summed E-state index contributed by atoms with van der Waals surface area (Å²) < 4.78 is 7.57. The third-order valence-corrected chi connectivity index (χ3v) is 4.33. The van der Waals surface area contributed by atoms with E-state index in [-0.39, 0.29) is 18.1 Å². The maximum atomic E-state index is 12.8. The van der Waals surface area contributed by atoms with Crippen molar-refractivity contribution >= 4 is 23.0 Å². The molecule has 1 atom stereocenters. The van der Waals surface area contributed by atoms with E-state index in [4.69, 9.17) is 4.74 Å². The molecular weight excluding hydrogens is 316 g/mol. The number of ether oxygens (including phenoxy) is 1. The Morgan fingerprint density at radius 3 is 2.80 bits per heavy atom. The Morgan fingerprint density at radius 2 is 2.08 bits per heavy atom.